The van der Waals surface area contributed by atoms with Crippen molar-refractivity contribution in [2.75, 3.05) is 40.8 Å². The molecule has 1 saturated heterocycles. The number of piperidine rings is 1. The molecule has 1 aliphatic heterocycles. The highest BCUT2D eigenvalue weighted by molar-refractivity contribution is 4.80. The molecule has 1 N–H and O–H groups in total. The van der Waals surface area contributed by atoms with Crippen molar-refractivity contribution in [3.05, 3.63) is 0 Å². The predicted molar refractivity (Wildman–Crippen MR) is 61.7 cm³/mol. The number of nitrogens with zero attached hydrogens (tertiary/aromatic N) is 2. The van der Waals surface area contributed by atoms with Gasteiger partial charge in [-0.1, -0.05) is 0 Å². The fraction of sp³-hybridized carbons (Fsp3) is 1.00. The van der Waals surface area contributed by atoms with Gasteiger partial charge in [0, 0.05) is 25.2 Å². The maximum atomic E-state index is 3.49. The minimum atomic E-state index is 0.690. The number of hydrogen-bond acceptors (Lipinski definition) is 3. The summed E-state index contributed by atoms with van der Waals surface area (Å²) in [5.41, 5.74) is 0. The monoisotopic (exact) mass is 199 g/mol. The summed E-state index contributed by atoms with van der Waals surface area (Å²) in [6.45, 7) is 5.81. The Balaban J connectivity index is 2.25. The number of likely N-dealkylation sites (N-methyl/N-ethyl adjacent to an activating group) is 2. The molecule has 1 heterocycles. The van der Waals surface area contributed by atoms with E-state index in [1.165, 1.54) is 25.9 Å². The van der Waals surface area contributed by atoms with Gasteiger partial charge in [-0.05, 0) is 47.5 Å². The topological polar surface area (TPSA) is 18.5 Å². The van der Waals surface area contributed by atoms with Crippen molar-refractivity contribution >= 4 is 0 Å². The van der Waals surface area contributed by atoms with Crippen LogP contribution >= 0.6 is 0 Å². The summed E-state index contributed by atoms with van der Waals surface area (Å²) in [6.07, 6.45) is 2.60. The van der Waals surface area contributed by atoms with Crippen LogP contribution in [-0.4, -0.2) is 62.7 Å². The standard InChI is InChI=1S/C11H25N3/c1-10-9-11(5-6-12-10)14(4)8-7-13(2)3/h10-12H,5-9H2,1-4H3. The van der Waals surface area contributed by atoms with Crippen molar-refractivity contribution in [1.29, 1.82) is 0 Å². The number of hydrogen-bond donors (Lipinski definition) is 1. The summed E-state index contributed by atoms with van der Waals surface area (Å²) < 4.78 is 0. The van der Waals surface area contributed by atoms with E-state index in [0.717, 1.165) is 12.6 Å². The minimum Gasteiger partial charge on any atom is -0.314 e. The average Bonchev–Trinajstić information content (AvgIpc) is 2.14. The van der Waals surface area contributed by atoms with Crippen LogP contribution in [0.2, 0.25) is 0 Å². The van der Waals surface area contributed by atoms with Gasteiger partial charge in [0.2, 0.25) is 0 Å². The fourth-order valence-corrected chi connectivity index (χ4v) is 2.05. The maximum absolute atomic E-state index is 3.49. The van der Waals surface area contributed by atoms with Crippen LogP contribution in [0.3, 0.4) is 0 Å². The summed E-state index contributed by atoms with van der Waals surface area (Å²) in [5.74, 6) is 0. The van der Waals surface area contributed by atoms with Crippen LogP contribution < -0.4 is 5.32 Å². The smallest absolute Gasteiger partial charge is 0.0119 e. The molecule has 0 aromatic carbocycles. The van der Waals surface area contributed by atoms with Gasteiger partial charge < -0.3 is 15.1 Å². The van der Waals surface area contributed by atoms with Gasteiger partial charge in [-0.25, -0.2) is 0 Å². The lowest BCUT2D eigenvalue weighted by Gasteiger charge is -2.35. The molecule has 0 saturated carbocycles. The van der Waals surface area contributed by atoms with Crippen LogP contribution in [0.25, 0.3) is 0 Å². The second-order valence-corrected chi connectivity index (χ2v) is 4.82. The molecule has 0 aromatic rings. The van der Waals surface area contributed by atoms with Crippen LogP contribution in [-0.2, 0) is 0 Å². The van der Waals surface area contributed by atoms with Gasteiger partial charge in [0.15, 0.2) is 0 Å². The van der Waals surface area contributed by atoms with Gasteiger partial charge in [0.05, 0.1) is 0 Å². The van der Waals surface area contributed by atoms with E-state index < -0.39 is 0 Å². The lowest BCUT2D eigenvalue weighted by molar-refractivity contribution is 0.167. The third kappa shape index (κ3) is 3.95. The highest BCUT2D eigenvalue weighted by atomic mass is 15.2. The van der Waals surface area contributed by atoms with Crippen molar-refractivity contribution in [3.8, 4) is 0 Å². The zero-order chi connectivity index (χ0) is 10.6. The molecule has 3 heteroatoms. The summed E-state index contributed by atoms with van der Waals surface area (Å²) in [4.78, 5) is 4.76. The predicted octanol–water partition coefficient (Wildman–Crippen LogP) is 0.620. The van der Waals surface area contributed by atoms with E-state index in [4.69, 9.17) is 0 Å². The molecule has 2 unspecified atom stereocenters. The Morgan fingerprint density at radius 3 is 2.50 bits per heavy atom. The van der Waals surface area contributed by atoms with Crippen LogP contribution in [0.1, 0.15) is 19.8 Å². The lowest BCUT2D eigenvalue weighted by Crippen LogP contribution is -2.46. The zero-order valence-electron chi connectivity index (χ0n) is 10.1. The molecule has 0 aliphatic carbocycles. The van der Waals surface area contributed by atoms with Crippen LogP contribution in [0.15, 0.2) is 0 Å². The van der Waals surface area contributed by atoms with Gasteiger partial charge in [0.1, 0.15) is 0 Å². The minimum absolute atomic E-state index is 0.690. The molecular weight excluding hydrogens is 174 g/mol. The van der Waals surface area contributed by atoms with Crippen molar-refractivity contribution in [3.63, 3.8) is 0 Å². The second-order valence-electron chi connectivity index (χ2n) is 4.82. The summed E-state index contributed by atoms with van der Waals surface area (Å²) >= 11 is 0. The number of nitrogens with one attached hydrogen (secondary N) is 1. The van der Waals surface area contributed by atoms with Gasteiger partial charge in [-0.2, -0.15) is 0 Å². The Bertz CT molecular complexity index is 159. The third-order valence-electron chi connectivity index (χ3n) is 3.12. The lowest BCUT2D eigenvalue weighted by atomic mass is 9.99. The van der Waals surface area contributed by atoms with E-state index in [2.05, 4.69) is 43.2 Å². The van der Waals surface area contributed by atoms with Gasteiger partial charge >= 0.3 is 0 Å². The zero-order valence-corrected chi connectivity index (χ0v) is 10.1. The first-order valence-electron chi connectivity index (χ1n) is 5.68. The highest BCUT2D eigenvalue weighted by Crippen LogP contribution is 2.13. The molecule has 0 spiro atoms. The van der Waals surface area contributed by atoms with Crippen LogP contribution in [0.5, 0.6) is 0 Å². The second kappa shape index (κ2) is 5.69. The van der Waals surface area contributed by atoms with E-state index in [-0.39, 0.29) is 0 Å². The first-order chi connectivity index (χ1) is 6.59. The molecular formula is C11H25N3. The molecule has 84 valence electrons. The van der Waals surface area contributed by atoms with Crippen molar-refractivity contribution in [2.24, 2.45) is 0 Å². The molecule has 1 rings (SSSR count). The van der Waals surface area contributed by atoms with Crippen molar-refractivity contribution in [1.82, 2.24) is 15.1 Å². The van der Waals surface area contributed by atoms with Crippen LogP contribution in [0, 0.1) is 0 Å². The van der Waals surface area contributed by atoms with E-state index in [1.54, 1.807) is 0 Å². The quantitative estimate of drug-likeness (QED) is 0.716. The molecule has 1 fully saturated rings. The van der Waals surface area contributed by atoms with Gasteiger partial charge in [0.25, 0.3) is 0 Å². The van der Waals surface area contributed by atoms with Crippen molar-refractivity contribution in [2.45, 2.75) is 31.8 Å². The summed E-state index contributed by atoms with van der Waals surface area (Å²) in [6, 6.07) is 1.47. The number of rotatable bonds is 4. The van der Waals surface area contributed by atoms with Gasteiger partial charge in [-0.15, -0.1) is 0 Å². The normalized spacial score (nSPS) is 28.7. The van der Waals surface area contributed by atoms with E-state index in [1.807, 2.05) is 0 Å². The van der Waals surface area contributed by atoms with E-state index >= 15 is 0 Å². The molecule has 0 bridgehead atoms. The molecule has 1 aliphatic rings. The first kappa shape index (κ1) is 12.0. The van der Waals surface area contributed by atoms with E-state index in [0.29, 0.717) is 6.04 Å². The Morgan fingerprint density at radius 1 is 1.21 bits per heavy atom. The Kier molecular flexibility index (Phi) is 4.85. The molecule has 2 atom stereocenters. The molecule has 0 radical (unpaired) electrons. The summed E-state index contributed by atoms with van der Waals surface area (Å²) in [5, 5.41) is 3.49. The Hall–Kier alpha value is -0.120. The SMILES string of the molecule is CC1CC(N(C)CCN(C)C)CCN1. The molecule has 0 aromatic heterocycles. The molecule has 0 amide bonds. The Labute approximate surface area is 88.5 Å². The maximum Gasteiger partial charge on any atom is 0.0119 e. The van der Waals surface area contributed by atoms with Crippen LogP contribution in [0.4, 0.5) is 0 Å². The highest BCUT2D eigenvalue weighted by Gasteiger charge is 2.21. The third-order valence-corrected chi connectivity index (χ3v) is 3.12. The van der Waals surface area contributed by atoms with Crippen molar-refractivity contribution < 1.29 is 0 Å². The summed E-state index contributed by atoms with van der Waals surface area (Å²) in [7, 11) is 6.53. The Morgan fingerprint density at radius 2 is 1.93 bits per heavy atom. The first-order valence-corrected chi connectivity index (χ1v) is 5.68. The largest absolute Gasteiger partial charge is 0.314 e. The molecule has 3 nitrogen and oxygen atoms in total. The average molecular weight is 199 g/mol. The van der Waals surface area contributed by atoms with E-state index in [9.17, 15) is 0 Å². The molecule has 14 heavy (non-hydrogen) atoms. The van der Waals surface area contributed by atoms with Gasteiger partial charge in [-0.3, -0.25) is 0 Å². The fourth-order valence-electron chi connectivity index (χ4n) is 2.05.